The van der Waals surface area contributed by atoms with Gasteiger partial charge in [-0.2, -0.15) is 0 Å². The largest absolute Gasteiger partial charge is 0.480 e. The number of likely N-dealkylation sites (tertiary alicyclic amines) is 1. The maximum absolute atomic E-state index is 13.1. The Morgan fingerprint density at radius 2 is 1.63 bits per heavy atom. The summed E-state index contributed by atoms with van der Waals surface area (Å²) in [5, 5.41) is 12.5. The van der Waals surface area contributed by atoms with Crippen LogP contribution in [-0.2, 0) is 14.3 Å². The smallest absolute Gasteiger partial charge is 0.407 e. The molecule has 184 valence electrons. The average Bonchev–Trinajstić information content (AvgIpc) is 3.38. The number of amides is 2. The Hall–Kier alpha value is -3.35. The molecule has 2 fully saturated rings. The number of carbonyl (C=O) groups is 3. The molecule has 0 radical (unpaired) electrons. The molecule has 1 aliphatic heterocycles. The van der Waals surface area contributed by atoms with Gasteiger partial charge in [-0.05, 0) is 60.3 Å². The Morgan fingerprint density at radius 3 is 2.20 bits per heavy atom. The molecule has 2 aromatic carbocycles. The van der Waals surface area contributed by atoms with Crippen molar-refractivity contribution in [3.8, 4) is 11.1 Å². The number of carboxylic acids is 1. The summed E-state index contributed by atoms with van der Waals surface area (Å²) in [6.07, 6.45) is 3.59. The maximum Gasteiger partial charge on any atom is 0.407 e. The van der Waals surface area contributed by atoms with E-state index in [0.29, 0.717) is 25.9 Å². The van der Waals surface area contributed by atoms with Crippen LogP contribution in [0.1, 0.15) is 62.5 Å². The lowest BCUT2D eigenvalue weighted by Gasteiger charge is -2.43. The SMILES string of the molecule is C[C@@]1(C(=O)O)CCCN1C(=O)CC1(CNC(=O)OCC2c3ccccc3-c3ccccc32)CCC1. The minimum atomic E-state index is -1.14. The third kappa shape index (κ3) is 4.17. The number of benzene rings is 2. The van der Waals surface area contributed by atoms with Gasteiger partial charge >= 0.3 is 12.1 Å². The van der Waals surface area contributed by atoms with Crippen LogP contribution in [0.4, 0.5) is 4.79 Å². The van der Waals surface area contributed by atoms with Crippen LogP contribution in [0.5, 0.6) is 0 Å². The highest BCUT2D eigenvalue weighted by Crippen LogP contribution is 2.46. The van der Waals surface area contributed by atoms with Crippen LogP contribution in [0.15, 0.2) is 48.5 Å². The van der Waals surface area contributed by atoms with Crippen molar-refractivity contribution in [2.45, 2.75) is 56.9 Å². The molecule has 35 heavy (non-hydrogen) atoms. The number of carbonyl (C=O) groups excluding carboxylic acids is 2. The van der Waals surface area contributed by atoms with Crippen molar-refractivity contribution >= 4 is 18.0 Å². The van der Waals surface area contributed by atoms with E-state index in [1.54, 1.807) is 6.92 Å². The van der Waals surface area contributed by atoms with Gasteiger partial charge in [0.25, 0.3) is 0 Å². The number of alkyl carbamates (subject to hydrolysis) is 1. The fourth-order valence-electron chi connectivity index (χ4n) is 6.00. The van der Waals surface area contributed by atoms with E-state index in [4.69, 9.17) is 4.74 Å². The minimum absolute atomic E-state index is 0.00347. The van der Waals surface area contributed by atoms with Crippen LogP contribution in [0.25, 0.3) is 11.1 Å². The van der Waals surface area contributed by atoms with Crippen molar-refractivity contribution in [2.75, 3.05) is 19.7 Å². The molecule has 2 amide bonds. The van der Waals surface area contributed by atoms with Gasteiger partial charge in [-0.3, -0.25) is 4.79 Å². The quantitative estimate of drug-likeness (QED) is 0.611. The molecule has 1 heterocycles. The molecule has 7 heteroatoms. The molecule has 2 aliphatic carbocycles. The normalized spacial score (nSPS) is 22.1. The van der Waals surface area contributed by atoms with E-state index in [1.165, 1.54) is 16.0 Å². The summed E-state index contributed by atoms with van der Waals surface area (Å²) in [5.74, 6) is -1.10. The third-order valence-electron chi connectivity index (χ3n) is 8.29. The van der Waals surface area contributed by atoms with Gasteiger partial charge in [-0.15, -0.1) is 0 Å². The lowest BCUT2D eigenvalue weighted by molar-refractivity contribution is -0.156. The molecule has 1 saturated carbocycles. The zero-order valence-corrected chi connectivity index (χ0v) is 20.1. The van der Waals surface area contributed by atoms with Crippen LogP contribution < -0.4 is 5.32 Å². The molecule has 2 aromatic rings. The van der Waals surface area contributed by atoms with E-state index in [0.717, 1.165) is 30.4 Å². The number of ether oxygens (including phenoxy) is 1. The fraction of sp³-hybridized carbons (Fsp3) is 0.464. The number of carboxylic acid groups (broad SMARTS) is 1. The zero-order valence-electron chi connectivity index (χ0n) is 20.1. The average molecular weight is 477 g/mol. The highest BCUT2D eigenvalue weighted by atomic mass is 16.5. The van der Waals surface area contributed by atoms with E-state index in [-0.39, 0.29) is 30.3 Å². The molecule has 0 bridgehead atoms. The number of aliphatic carboxylic acids is 1. The fourth-order valence-corrected chi connectivity index (χ4v) is 6.00. The van der Waals surface area contributed by atoms with Crippen LogP contribution in [-0.4, -0.2) is 53.2 Å². The molecule has 0 spiro atoms. The molecule has 0 aromatic heterocycles. The number of hydrogen-bond acceptors (Lipinski definition) is 4. The van der Waals surface area contributed by atoms with Gasteiger partial charge < -0.3 is 20.1 Å². The van der Waals surface area contributed by atoms with Crippen molar-refractivity contribution in [2.24, 2.45) is 5.41 Å². The molecule has 1 saturated heterocycles. The Morgan fingerprint density at radius 1 is 1.00 bits per heavy atom. The number of nitrogens with one attached hydrogen (secondary N) is 1. The molecule has 1 atom stereocenters. The first-order chi connectivity index (χ1) is 16.8. The van der Waals surface area contributed by atoms with E-state index < -0.39 is 17.6 Å². The van der Waals surface area contributed by atoms with Crippen LogP contribution in [0, 0.1) is 5.41 Å². The number of rotatable bonds is 7. The molecule has 7 nitrogen and oxygen atoms in total. The summed E-state index contributed by atoms with van der Waals surface area (Å²) >= 11 is 0. The molecule has 5 rings (SSSR count). The van der Waals surface area contributed by atoms with Crippen molar-refractivity contribution in [1.82, 2.24) is 10.2 Å². The highest BCUT2D eigenvalue weighted by molar-refractivity contribution is 5.88. The van der Waals surface area contributed by atoms with Gasteiger partial charge in [0.05, 0.1) is 0 Å². The van der Waals surface area contributed by atoms with Gasteiger partial charge in [-0.1, -0.05) is 55.0 Å². The Kier molecular flexibility index (Phi) is 6.03. The van der Waals surface area contributed by atoms with Gasteiger partial charge in [0.2, 0.25) is 5.91 Å². The number of hydrogen-bond donors (Lipinski definition) is 2. The van der Waals surface area contributed by atoms with Crippen LogP contribution >= 0.6 is 0 Å². The van der Waals surface area contributed by atoms with Crippen LogP contribution in [0.3, 0.4) is 0 Å². The van der Waals surface area contributed by atoms with Gasteiger partial charge in [0, 0.05) is 25.4 Å². The monoisotopic (exact) mass is 476 g/mol. The van der Waals surface area contributed by atoms with Crippen molar-refractivity contribution in [3.05, 3.63) is 59.7 Å². The van der Waals surface area contributed by atoms with E-state index in [1.807, 2.05) is 24.3 Å². The first-order valence-corrected chi connectivity index (χ1v) is 12.5. The van der Waals surface area contributed by atoms with Crippen LogP contribution in [0.2, 0.25) is 0 Å². The zero-order chi connectivity index (χ0) is 24.6. The summed E-state index contributed by atoms with van der Waals surface area (Å²) in [4.78, 5) is 39.0. The third-order valence-corrected chi connectivity index (χ3v) is 8.29. The highest BCUT2D eigenvalue weighted by Gasteiger charge is 2.48. The summed E-state index contributed by atoms with van der Waals surface area (Å²) in [6, 6.07) is 16.4. The first-order valence-electron chi connectivity index (χ1n) is 12.5. The van der Waals surface area contributed by atoms with E-state index in [9.17, 15) is 19.5 Å². The molecule has 0 unspecified atom stereocenters. The van der Waals surface area contributed by atoms with E-state index >= 15 is 0 Å². The Bertz CT molecular complexity index is 1110. The molecular weight excluding hydrogens is 444 g/mol. The maximum atomic E-state index is 13.1. The molecular formula is C28H32N2O5. The van der Waals surface area contributed by atoms with Gasteiger partial charge in [0.1, 0.15) is 12.1 Å². The van der Waals surface area contributed by atoms with Crippen molar-refractivity contribution < 1.29 is 24.2 Å². The second-order valence-electron chi connectivity index (χ2n) is 10.4. The standard InChI is InChI=1S/C28H32N2O5/c1-27(25(32)33)12-7-15-30(27)24(31)16-28(13-6-14-28)18-29-26(34)35-17-23-21-10-4-2-8-19(21)20-9-3-5-11-22(20)23/h2-5,8-11,23H,6-7,12-18H2,1H3,(H,29,34)(H,32,33)/t27-/m0/s1. The second-order valence-corrected chi connectivity index (χ2v) is 10.4. The summed E-state index contributed by atoms with van der Waals surface area (Å²) in [5.41, 5.74) is 3.22. The van der Waals surface area contributed by atoms with Crippen molar-refractivity contribution in [3.63, 3.8) is 0 Å². The molecule has 2 N–H and O–H groups in total. The topological polar surface area (TPSA) is 95.9 Å². The summed E-state index contributed by atoms with van der Waals surface area (Å²) in [7, 11) is 0. The Labute approximate surface area is 205 Å². The van der Waals surface area contributed by atoms with Crippen molar-refractivity contribution in [1.29, 1.82) is 0 Å². The first kappa shape index (κ1) is 23.4. The van der Waals surface area contributed by atoms with Gasteiger partial charge in [0.15, 0.2) is 0 Å². The summed E-state index contributed by atoms with van der Waals surface area (Å²) in [6.45, 7) is 2.70. The molecule has 3 aliphatic rings. The number of fused-ring (bicyclic) bond motifs is 3. The second kappa shape index (κ2) is 9.02. The predicted molar refractivity (Wildman–Crippen MR) is 131 cm³/mol. The minimum Gasteiger partial charge on any atom is -0.480 e. The summed E-state index contributed by atoms with van der Waals surface area (Å²) < 4.78 is 5.65. The lowest BCUT2D eigenvalue weighted by Crippen LogP contribution is -2.53. The van der Waals surface area contributed by atoms with E-state index in [2.05, 4.69) is 29.6 Å². The Balaban J connectivity index is 1.18. The lowest BCUT2D eigenvalue weighted by atomic mass is 9.66. The number of nitrogens with zero attached hydrogens (tertiary/aromatic N) is 1. The predicted octanol–water partition coefficient (Wildman–Crippen LogP) is 4.55. The van der Waals surface area contributed by atoms with Gasteiger partial charge in [-0.25, -0.2) is 9.59 Å².